The number of piperidine rings is 1. The summed E-state index contributed by atoms with van der Waals surface area (Å²) >= 11 is 0. The lowest BCUT2D eigenvalue weighted by atomic mass is 10.0. The molecule has 4 aromatic rings. The molecule has 1 aliphatic rings. The Balaban J connectivity index is 1.52. The molecule has 1 saturated heterocycles. The molecule has 8 heteroatoms. The van der Waals surface area contributed by atoms with Crippen molar-refractivity contribution in [1.29, 1.82) is 0 Å². The van der Waals surface area contributed by atoms with E-state index in [0.717, 1.165) is 48.1 Å². The Morgan fingerprint density at radius 2 is 1.68 bits per heavy atom. The molecular formula is C26H27N5O2S. The minimum absolute atomic E-state index is 0.125. The minimum Gasteiger partial charge on any atom is -0.355 e. The number of nitrogens with zero attached hydrogens (tertiary/aromatic N) is 4. The van der Waals surface area contributed by atoms with Crippen molar-refractivity contribution in [1.82, 2.24) is 19.9 Å². The fourth-order valence-corrected chi connectivity index (χ4v) is 5.70. The molecular weight excluding hydrogens is 446 g/mol. The van der Waals surface area contributed by atoms with Crippen molar-refractivity contribution in [3.8, 4) is 11.3 Å². The van der Waals surface area contributed by atoms with Crippen molar-refractivity contribution in [3.63, 3.8) is 0 Å². The molecule has 1 fully saturated rings. The number of benzene rings is 2. The van der Waals surface area contributed by atoms with Crippen LogP contribution in [0.25, 0.3) is 22.0 Å². The van der Waals surface area contributed by atoms with Crippen LogP contribution in [0.5, 0.6) is 0 Å². The first-order chi connectivity index (χ1) is 16.5. The highest BCUT2D eigenvalue weighted by molar-refractivity contribution is 7.89. The van der Waals surface area contributed by atoms with Crippen molar-refractivity contribution in [2.75, 3.05) is 18.0 Å². The summed E-state index contributed by atoms with van der Waals surface area (Å²) in [5.74, 6) is 0.899. The van der Waals surface area contributed by atoms with Gasteiger partial charge in [0, 0.05) is 35.6 Å². The number of hydrogen-bond acceptors (Lipinski definition) is 6. The number of nitrogens with one attached hydrogen (secondary N) is 1. The second kappa shape index (κ2) is 9.48. The van der Waals surface area contributed by atoms with Gasteiger partial charge in [-0.05, 0) is 49.9 Å². The molecule has 1 N–H and O–H groups in total. The Kier molecular flexibility index (Phi) is 6.26. The molecule has 2 aromatic carbocycles. The molecule has 7 nitrogen and oxygen atoms in total. The third-order valence-corrected chi connectivity index (χ3v) is 7.79. The number of aryl methyl sites for hydroxylation is 1. The Morgan fingerprint density at radius 3 is 2.44 bits per heavy atom. The highest BCUT2D eigenvalue weighted by Crippen LogP contribution is 2.33. The zero-order valence-corrected chi connectivity index (χ0v) is 19.9. The highest BCUT2D eigenvalue weighted by Gasteiger charge is 2.21. The van der Waals surface area contributed by atoms with E-state index in [1.165, 1.54) is 6.42 Å². The maximum atomic E-state index is 13.2. The van der Waals surface area contributed by atoms with Gasteiger partial charge in [0.25, 0.3) is 0 Å². The van der Waals surface area contributed by atoms with E-state index in [1.807, 2.05) is 36.4 Å². The number of aromatic nitrogens is 3. The van der Waals surface area contributed by atoms with E-state index >= 15 is 0 Å². The molecule has 3 heterocycles. The summed E-state index contributed by atoms with van der Waals surface area (Å²) in [6, 6.07) is 18.9. The molecule has 0 amide bonds. The van der Waals surface area contributed by atoms with E-state index in [2.05, 4.69) is 30.9 Å². The smallest absolute Gasteiger partial charge is 0.241 e. The van der Waals surface area contributed by atoms with Crippen LogP contribution < -0.4 is 9.62 Å². The highest BCUT2D eigenvalue weighted by atomic mass is 32.2. The molecule has 0 bridgehead atoms. The molecule has 2 aromatic heterocycles. The second-order valence-electron chi connectivity index (χ2n) is 8.59. The van der Waals surface area contributed by atoms with Crippen molar-refractivity contribution in [2.24, 2.45) is 0 Å². The molecule has 0 saturated carbocycles. The Labute approximate surface area is 199 Å². The molecule has 5 rings (SSSR count). The van der Waals surface area contributed by atoms with Gasteiger partial charge < -0.3 is 4.90 Å². The number of sulfonamides is 1. The van der Waals surface area contributed by atoms with Gasteiger partial charge in [0.15, 0.2) is 5.82 Å². The van der Waals surface area contributed by atoms with E-state index in [0.29, 0.717) is 17.0 Å². The van der Waals surface area contributed by atoms with Gasteiger partial charge in [-0.1, -0.05) is 42.5 Å². The van der Waals surface area contributed by atoms with Crippen LogP contribution in [0.3, 0.4) is 0 Å². The van der Waals surface area contributed by atoms with Crippen LogP contribution in [0.2, 0.25) is 0 Å². The lowest BCUT2D eigenvalue weighted by Gasteiger charge is -2.28. The van der Waals surface area contributed by atoms with Gasteiger partial charge in [-0.25, -0.2) is 13.1 Å². The Hall–Kier alpha value is -3.36. The van der Waals surface area contributed by atoms with E-state index in [9.17, 15) is 8.42 Å². The first kappa shape index (κ1) is 22.4. The molecule has 174 valence electrons. The van der Waals surface area contributed by atoms with Gasteiger partial charge >= 0.3 is 0 Å². The predicted molar refractivity (Wildman–Crippen MR) is 134 cm³/mol. The maximum absolute atomic E-state index is 13.2. The molecule has 0 spiro atoms. The topological polar surface area (TPSA) is 88.1 Å². The van der Waals surface area contributed by atoms with E-state index in [4.69, 9.17) is 0 Å². The lowest BCUT2D eigenvalue weighted by molar-refractivity contribution is 0.573. The molecule has 0 atom stereocenters. The fraction of sp³-hybridized carbons (Fsp3) is 0.269. The zero-order chi connectivity index (χ0) is 23.5. The van der Waals surface area contributed by atoms with Crippen molar-refractivity contribution in [3.05, 3.63) is 78.1 Å². The van der Waals surface area contributed by atoms with Crippen LogP contribution >= 0.6 is 0 Å². The maximum Gasteiger partial charge on any atom is 0.241 e. The monoisotopic (exact) mass is 473 g/mol. The average molecular weight is 474 g/mol. The van der Waals surface area contributed by atoms with Crippen LogP contribution in [-0.2, 0) is 16.6 Å². The molecule has 34 heavy (non-hydrogen) atoms. The van der Waals surface area contributed by atoms with Gasteiger partial charge in [0.05, 0.1) is 17.1 Å². The van der Waals surface area contributed by atoms with Gasteiger partial charge in [-0.3, -0.25) is 4.98 Å². The summed E-state index contributed by atoms with van der Waals surface area (Å²) < 4.78 is 29.0. The first-order valence-electron chi connectivity index (χ1n) is 11.5. The number of fused-ring (bicyclic) bond motifs is 1. The lowest BCUT2D eigenvalue weighted by Crippen LogP contribution is -2.30. The molecule has 0 radical (unpaired) electrons. The summed E-state index contributed by atoms with van der Waals surface area (Å²) in [5, 5.41) is 11.2. The van der Waals surface area contributed by atoms with Gasteiger partial charge in [0.2, 0.25) is 10.0 Å². The average Bonchev–Trinajstić information content (AvgIpc) is 2.88. The quantitative estimate of drug-likeness (QED) is 0.445. The Morgan fingerprint density at radius 1 is 0.912 bits per heavy atom. The van der Waals surface area contributed by atoms with Crippen LogP contribution in [0, 0.1) is 6.92 Å². The van der Waals surface area contributed by atoms with Gasteiger partial charge in [-0.2, -0.15) is 0 Å². The summed E-state index contributed by atoms with van der Waals surface area (Å²) in [6.45, 7) is 3.88. The number of pyridine rings is 1. The molecule has 0 aliphatic carbocycles. The van der Waals surface area contributed by atoms with E-state index in [1.54, 1.807) is 31.3 Å². The third-order valence-electron chi connectivity index (χ3n) is 6.24. The Bertz CT molecular complexity index is 1420. The number of hydrogen-bond donors (Lipinski definition) is 1. The van der Waals surface area contributed by atoms with Crippen molar-refractivity contribution >= 4 is 26.6 Å². The van der Waals surface area contributed by atoms with Gasteiger partial charge in [0.1, 0.15) is 5.69 Å². The molecule has 1 aliphatic heterocycles. The number of rotatable bonds is 6. The predicted octanol–water partition coefficient (Wildman–Crippen LogP) is 4.47. The molecule has 0 unspecified atom stereocenters. The third kappa shape index (κ3) is 4.51. The minimum atomic E-state index is -3.74. The summed E-state index contributed by atoms with van der Waals surface area (Å²) in [4.78, 5) is 6.72. The van der Waals surface area contributed by atoms with E-state index in [-0.39, 0.29) is 11.4 Å². The second-order valence-corrected chi connectivity index (χ2v) is 10.3. The van der Waals surface area contributed by atoms with Crippen LogP contribution in [0.15, 0.2) is 71.8 Å². The van der Waals surface area contributed by atoms with E-state index < -0.39 is 10.0 Å². The van der Waals surface area contributed by atoms with Crippen LogP contribution in [0.1, 0.15) is 30.5 Å². The summed E-state index contributed by atoms with van der Waals surface area (Å²) in [6.07, 6.45) is 5.20. The van der Waals surface area contributed by atoms with Gasteiger partial charge in [-0.15, -0.1) is 10.2 Å². The number of anilines is 1. The summed E-state index contributed by atoms with van der Waals surface area (Å²) in [7, 11) is -3.74. The largest absolute Gasteiger partial charge is 0.355 e. The standard InChI is InChI=1S/C26H27N5O2S/c1-19-12-13-20(17-24(19)34(32,33)28-18-21-9-5-6-14-27-21)25-22-10-3-4-11-23(22)26(30-29-25)31-15-7-2-8-16-31/h3-6,9-14,17,28H,2,7-8,15-16,18H2,1H3. The SMILES string of the molecule is Cc1ccc(-c2nnc(N3CCCCC3)c3ccccc23)cc1S(=O)(=O)NCc1ccccn1. The first-order valence-corrected chi connectivity index (χ1v) is 13.0. The van der Waals surface area contributed by atoms with Crippen molar-refractivity contribution in [2.45, 2.75) is 37.6 Å². The fourth-order valence-electron chi connectivity index (χ4n) is 4.43. The summed E-state index contributed by atoms with van der Waals surface area (Å²) in [5.41, 5.74) is 2.72. The van der Waals surface area contributed by atoms with Crippen LogP contribution in [0.4, 0.5) is 5.82 Å². The zero-order valence-electron chi connectivity index (χ0n) is 19.1. The normalized spacial score (nSPS) is 14.4. The van der Waals surface area contributed by atoms with Crippen LogP contribution in [-0.4, -0.2) is 36.7 Å². The van der Waals surface area contributed by atoms with Crippen molar-refractivity contribution < 1.29 is 8.42 Å².